The van der Waals surface area contributed by atoms with Crippen LogP contribution in [0.1, 0.15) is 36.2 Å². The molecule has 1 aromatic heterocycles. The van der Waals surface area contributed by atoms with Crippen LogP contribution in [0.2, 0.25) is 0 Å². The molecule has 0 aliphatic carbocycles. The van der Waals surface area contributed by atoms with Crippen LogP contribution in [0.3, 0.4) is 0 Å². The van der Waals surface area contributed by atoms with Crippen molar-refractivity contribution in [1.82, 2.24) is 9.78 Å². The topological polar surface area (TPSA) is 73.2 Å². The first-order valence-electron chi connectivity index (χ1n) is 9.57. The third-order valence-electron chi connectivity index (χ3n) is 4.76. The molecule has 0 spiro atoms. The van der Waals surface area contributed by atoms with Crippen LogP contribution in [-0.2, 0) is 14.3 Å². The Morgan fingerprint density at radius 2 is 1.66 bits per heavy atom. The Bertz CT molecular complexity index is 981. The number of amides is 1. The van der Waals surface area contributed by atoms with Gasteiger partial charge >= 0.3 is 5.97 Å². The van der Waals surface area contributed by atoms with Crippen LogP contribution < -0.4 is 5.32 Å². The van der Waals surface area contributed by atoms with Crippen LogP contribution in [0, 0.1) is 13.8 Å². The van der Waals surface area contributed by atoms with Crippen LogP contribution in [-0.4, -0.2) is 28.3 Å². The molecule has 29 heavy (non-hydrogen) atoms. The van der Waals surface area contributed by atoms with Gasteiger partial charge in [0.1, 0.15) is 0 Å². The zero-order valence-electron chi connectivity index (χ0n) is 16.9. The van der Waals surface area contributed by atoms with E-state index in [0.717, 1.165) is 16.9 Å². The third kappa shape index (κ3) is 5.10. The Morgan fingerprint density at radius 1 is 1.03 bits per heavy atom. The van der Waals surface area contributed by atoms with E-state index in [1.165, 1.54) is 0 Å². The number of anilines is 1. The lowest BCUT2D eigenvalue weighted by Crippen LogP contribution is -2.22. The molecule has 0 aliphatic heterocycles. The van der Waals surface area contributed by atoms with Gasteiger partial charge in [-0.15, -0.1) is 0 Å². The van der Waals surface area contributed by atoms with Crippen molar-refractivity contribution < 1.29 is 14.3 Å². The van der Waals surface area contributed by atoms with E-state index in [2.05, 4.69) is 10.4 Å². The fourth-order valence-corrected chi connectivity index (χ4v) is 3.17. The first-order valence-corrected chi connectivity index (χ1v) is 9.57. The first-order chi connectivity index (χ1) is 14.0. The molecule has 3 rings (SSSR count). The molecule has 1 atom stereocenters. The molecule has 0 saturated carbocycles. The molecule has 0 fully saturated rings. The van der Waals surface area contributed by atoms with Crippen molar-refractivity contribution in [1.29, 1.82) is 0 Å². The number of esters is 1. The molecule has 0 saturated heterocycles. The molecule has 0 unspecified atom stereocenters. The molecule has 6 nitrogen and oxygen atoms in total. The summed E-state index contributed by atoms with van der Waals surface area (Å²) in [5.74, 6) is -0.755. The second-order valence-corrected chi connectivity index (χ2v) is 7.02. The highest BCUT2D eigenvalue weighted by Gasteiger charge is 2.17. The largest absolute Gasteiger partial charge is 0.456 e. The predicted octanol–water partition coefficient (Wildman–Crippen LogP) is 4.16. The second kappa shape index (κ2) is 9.19. The summed E-state index contributed by atoms with van der Waals surface area (Å²) < 4.78 is 6.94. The summed E-state index contributed by atoms with van der Waals surface area (Å²) in [6.07, 6.45) is 0.224. The molecular formula is C23H25N3O3. The monoisotopic (exact) mass is 391 g/mol. The number of aromatic nitrogens is 2. The number of carbonyl (C=O) groups is 2. The van der Waals surface area contributed by atoms with E-state index < -0.39 is 5.97 Å². The number of nitrogens with zero attached hydrogens (tertiary/aromatic N) is 2. The minimum atomic E-state index is -0.398. The van der Waals surface area contributed by atoms with Crippen LogP contribution in [0.25, 0.3) is 5.69 Å². The highest BCUT2D eigenvalue weighted by atomic mass is 16.5. The van der Waals surface area contributed by atoms with Gasteiger partial charge in [0.15, 0.2) is 6.61 Å². The SMILES string of the molecule is Cc1nn(-c2ccccc2)c(C)c1NC(=O)COC(=O)C[C@@H](C)c1ccccc1. The molecule has 0 bridgehead atoms. The van der Waals surface area contributed by atoms with Gasteiger partial charge in [-0.25, -0.2) is 4.68 Å². The van der Waals surface area contributed by atoms with Crippen LogP contribution in [0.15, 0.2) is 60.7 Å². The fourth-order valence-electron chi connectivity index (χ4n) is 3.17. The Morgan fingerprint density at radius 3 is 2.31 bits per heavy atom. The summed E-state index contributed by atoms with van der Waals surface area (Å²) in [6.45, 7) is 5.35. The van der Waals surface area contributed by atoms with Gasteiger partial charge in [0.25, 0.3) is 5.91 Å². The molecule has 1 heterocycles. The Hall–Kier alpha value is -3.41. The molecule has 3 aromatic rings. The quantitative estimate of drug-likeness (QED) is 0.614. The number of rotatable bonds is 7. The van der Waals surface area contributed by atoms with Gasteiger partial charge in [-0.05, 0) is 37.5 Å². The van der Waals surface area contributed by atoms with Gasteiger partial charge in [-0.1, -0.05) is 55.5 Å². The minimum Gasteiger partial charge on any atom is -0.456 e. The Kier molecular flexibility index (Phi) is 6.44. The summed E-state index contributed by atoms with van der Waals surface area (Å²) in [4.78, 5) is 24.4. The number of nitrogens with one attached hydrogen (secondary N) is 1. The molecule has 6 heteroatoms. The number of hydrogen-bond donors (Lipinski definition) is 1. The van der Waals surface area contributed by atoms with Crippen molar-refractivity contribution >= 4 is 17.6 Å². The van der Waals surface area contributed by atoms with Gasteiger partial charge < -0.3 is 10.1 Å². The van der Waals surface area contributed by atoms with E-state index in [4.69, 9.17) is 4.74 Å². The lowest BCUT2D eigenvalue weighted by atomic mass is 9.98. The summed E-state index contributed by atoms with van der Waals surface area (Å²) in [5, 5.41) is 7.31. The molecule has 2 aromatic carbocycles. The standard InChI is InChI=1S/C23H25N3O3/c1-16(19-10-6-4-7-11-19)14-22(28)29-15-21(27)24-23-17(2)25-26(18(23)3)20-12-8-5-9-13-20/h4-13,16H,14-15H2,1-3H3,(H,24,27)/t16-/m1/s1. The summed E-state index contributed by atoms with van der Waals surface area (Å²) in [7, 11) is 0. The number of para-hydroxylation sites is 1. The second-order valence-electron chi connectivity index (χ2n) is 7.02. The third-order valence-corrected chi connectivity index (χ3v) is 4.76. The number of carbonyl (C=O) groups excluding carboxylic acids is 2. The van der Waals surface area contributed by atoms with Gasteiger partial charge in [-0.2, -0.15) is 5.10 Å². The zero-order valence-corrected chi connectivity index (χ0v) is 16.9. The molecule has 0 radical (unpaired) electrons. The van der Waals surface area contributed by atoms with Gasteiger partial charge in [0.2, 0.25) is 0 Å². The number of hydrogen-bond acceptors (Lipinski definition) is 4. The number of aryl methyl sites for hydroxylation is 1. The van der Waals surface area contributed by atoms with E-state index in [-0.39, 0.29) is 24.9 Å². The Balaban J connectivity index is 1.56. The van der Waals surface area contributed by atoms with E-state index in [1.807, 2.05) is 81.4 Å². The first kappa shape index (κ1) is 20.3. The van der Waals surface area contributed by atoms with Crippen molar-refractivity contribution in [2.24, 2.45) is 0 Å². The average molecular weight is 391 g/mol. The summed E-state index contributed by atoms with van der Waals surface area (Å²) >= 11 is 0. The molecular weight excluding hydrogens is 366 g/mol. The van der Waals surface area contributed by atoms with E-state index in [9.17, 15) is 9.59 Å². The molecule has 1 amide bonds. The lowest BCUT2D eigenvalue weighted by molar-refractivity contribution is -0.147. The van der Waals surface area contributed by atoms with Crippen molar-refractivity contribution in [2.45, 2.75) is 33.1 Å². The maximum absolute atomic E-state index is 12.3. The van der Waals surface area contributed by atoms with Crippen LogP contribution in [0.5, 0.6) is 0 Å². The molecule has 150 valence electrons. The number of benzene rings is 2. The van der Waals surface area contributed by atoms with Gasteiger partial charge in [-0.3, -0.25) is 9.59 Å². The molecule has 1 N–H and O–H groups in total. The van der Waals surface area contributed by atoms with Gasteiger partial charge in [0, 0.05) is 0 Å². The van der Waals surface area contributed by atoms with Crippen LogP contribution in [0.4, 0.5) is 5.69 Å². The summed E-state index contributed by atoms with van der Waals surface area (Å²) in [6, 6.07) is 19.4. The van der Waals surface area contributed by atoms with E-state index >= 15 is 0 Å². The highest BCUT2D eigenvalue weighted by Crippen LogP contribution is 2.23. The number of ether oxygens (including phenoxy) is 1. The van der Waals surface area contributed by atoms with Gasteiger partial charge in [0.05, 0.1) is 29.2 Å². The van der Waals surface area contributed by atoms with Crippen molar-refractivity contribution in [3.05, 3.63) is 77.6 Å². The maximum atomic E-state index is 12.3. The summed E-state index contributed by atoms with van der Waals surface area (Å²) in [5.41, 5.74) is 4.12. The average Bonchev–Trinajstić information content (AvgIpc) is 3.02. The van der Waals surface area contributed by atoms with Crippen LogP contribution >= 0.6 is 0 Å². The predicted molar refractivity (Wildman–Crippen MR) is 112 cm³/mol. The highest BCUT2D eigenvalue weighted by molar-refractivity contribution is 5.94. The normalized spacial score (nSPS) is 11.7. The van der Waals surface area contributed by atoms with E-state index in [0.29, 0.717) is 11.4 Å². The van der Waals surface area contributed by atoms with Crippen molar-refractivity contribution in [3.63, 3.8) is 0 Å². The van der Waals surface area contributed by atoms with Crippen molar-refractivity contribution in [2.75, 3.05) is 11.9 Å². The zero-order chi connectivity index (χ0) is 20.8. The van der Waals surface area contributed by atoms with Crippen molar-refractivity contribution in [3.8, 4) is 5.69 Å². The smallest absolute Gasteiger partial charge is 0.306 e. The minimum absolute atomic E-state index is 0.0281. The Labute approximate surface area is 170 Å². The maximum Gasteiger partial charge on any atom is 0.306 e. The fraction of sp³-hybridized carbons (Fsp3) is 0.261. The lowest BCUT2D eigenvalue weighted by Gasteiger charge is -2.11. The van der Waals surface area contributed by atoms with E-state index in [1.54, 1.807) is 4.68 Å². The molecule has 0 aliphatic rings.